The quantitative estimate of drug-likeness (QED) is 0.843. The summed E-state index contributed by atoms with van der Waals surface area (Å²) >= 11 is 6.78. The second-order valence-corrected chi connectivity index (χ2v) is 4.96. The molecule has 0 heterocycles. The van der Waals surface area contributed by atoms with Crippen molar-refractivity contribution in [1.82, 2.24) is 0 Å². The van der Waals surface area contributed by atoms with Crippen LogP contribution < -0.4 is 5.32 Å². The second-order valence-electron chi connectivity index (χ2n) is 3.25. The lowest BCUT2D eigenvalue weighted by molar-refractivity contribution is -0.143. The van der Waals surface area contributed by atoms with E-state index in [1.807, 2.05) is 18.2 Å². The first kappa shape index (κ1) is 13.5. The van der Waals surface area contributed by atoms with E-state index in [1.54, 1.807) is 13.8 Å². The predicted molar refractivity (Wildman–Crippen MR) is 71.6 cm³/mol. The van der Waals surface area contributed by atoms with Crippen LogP contribution in [0.15, 0.2) is 27.1 Å². The van der Waals surface area contributed by atoms with E-state index in [1.165, 1.54) is 0 Å². The van der Waals surface area contributed by atoms with Crippen molar-refractivity contribution in [3.63, 3.8) is 0 Å². The van der Waals surface area contributed by atoms with Crippen LogP contribution in [0.25, 0.3) is 0 Å². The van der Waals surface area contributed by atoms with E-state index in [4.69, 9.17) is 4.74 Å². The SMILES string of the molecule is CCOC(=O)[C@@H](C)Nc1ccc(Br)c(Br)c1. The molecule has 0 aliphatic rings. The van der Waals surface area contributed by atoms with E-state index in [2.05, 4.69) is 37.2 Å². The van der Waals surface area contributed by atoms with Gasteiger partial charge in [0.1, 0.15) is 6.04 Å². The highest BCUT2D eigenvalue weighted by Gasteiger charge is 2.13. The maximum Gasteiger partial charge on any atom is 0.328 e. The van der Waals surface area contributed by atoms with Gasteiger partial charge in [0.25, 0.3) is 0 Å². The van der Waals surface area contributed by atoms with Gasteiger partial charge in [-0.3, -0.25) is 0 Å². The third-order valence-electron chi connectivity index (χ3n) is 1.94. The van der Waals surface area contributed by atoms with Crippen LogP contribution in [0, 0.1) is 0 Å². The van der Waals surface area contributed by atoms with E-state index in [-0.39, 0.29) is 12.0 Å². The van der Waals surface area contributed by atoms with Gasteiger partial charge in [0, 0.05) is 14.6 Å². The van der Waals surface area contributed by atoms with E-state index in [9.17, 15) is 4.79 Å². The molecule has 1 rings (SSSR count). The summed E-state index contributed by atoms with van der Waals surface area (Å²) in [6, 6.07) is 5.35. The highest BCUT2D eigenvalue weighted by atomic mass is 79.9. The first-order chi connectivity index (χ1) is 7.54. The normalized spacial score (nSPS) is 12.0. The summed E-state index contributed by atoms with van der Waals surface area (Å²) in [5, 5.41) is 3.07. The number of hydrogen-bond donors (Lipinski definition) is 1. The standard InChI is InChI=1S/C11H13Br2NO2/c1-3-16-11(15)7(2)14-8-4-5-9(12)10(13)6-8/h4-7,14H,3H2,1-2H3/t7-/m1/s1. The molecule has 0 unspecified atom stereocenters. The molecular formula is C11H13Br2NO2. The molecule has 0 fully saturated rings. The predicted octanol–water partition coefficient (Wildman–Crippen LogP) is 3.58. The zero-order valence-corrected chi connectivity index (χ0v) is 12.3. The summed E-state index contributed by atoms with van der Waals surface area (Å²) in [6.07, 6.45) is 0. The Balaban J connectivity index is 2.66. The Morgan fingerprint density at radius 2 is 2.12 bits per heavy atom. The lowest BCUT2D eigenvalue weighted by atomic mass is 10.2. The lowest BCUT2D eigenvalue weighted by Gasteiger charge is -2.14. The molecule has 5 heteroatoms. The van der Waals surface area contributed by atoms with Crippen LogP contribution in [0.2, 0.25) is 0 Å². The Labute approximate surface area is 112 Å². The van der Waals surface area contributed by atoms with Crippen LogP contribution in [0.3, 0.4) is 0 Å². The average Bonchev–Trinajstić information content (AvgIpc) is 2.24. The molecule has 1 aromatic carbocycles. The number of ether oxygens (including phenoxy) is 1. The Morgan fingerprint density at radius 3 is 2.69 bits per heavy atom. The molecule has 0 radical (unpaired) electrons. The zero-order chi connectivity index (χ0) is 12.1. The van der Waals surface area contributed by atoms with Crippen molar-refractivity contribution in [3.8, 4) is 0 Å². The van der Waals surface area contributed by atoms with Crippen molar-refractivity contribution < 1.29 is 9.53 Å². The molecule has 0 saturated heterocycles. The van der Waals surface area contributed by atoms with Gasteiger partial charge in [-0.05, 0) is 63.9 Å². The van der Waals surface area contributed by atoms with Crippen molar-refractivity contribution in [2.45, 2.75) is 19.9 Å². The number of rotatable bonds is 4. The highest BCUT2D eigenvalue weighted by Crippen LogP contribution is 2.26. The number of carbonyl (C=O) groups excluding carboxylic acids is 1. The molecule has 1 atom stereocenters. The zero-order valence-electron chi connectivity index (χ0n) is 9.09. The maximum absolute atomic E-state index is 11.4. The first-order valence-electron chi connectivity index (χ1n) is 4.92. The van der Waals surface area contributed by atoms with E-state index < -0.39 is 0 Å². The summed E-state index contributed by atoms with van der Waals surface area (Å²) < 4.78 is 6.82. The van der Waals surface area contributed by atoms with Crippen LogP contribution in [0.4, 0.5) is 5.69 Å². The van der Waals surface area contributed by atoms with E-state index >= 15 is 0 Å². The minimum Gasteiger partial charge on any atom is -0.464 e. The molecule has 0 aliphatic heterocycles. The maximum atomic E-state index is 11.4. The number of hydrogen-bond acceptors (Lipinski definition) is 3. The second kappa shape index (κ2) is 6.25. The Hall–Kier alpha value is -0.550. The third kappa shape index (κ3) is 3.79. The highest BCUT2D eigenvalue weighted by molar-refractivity contribution is 9.13. The molecule has 1 N–H and O–H groups in total. The van der Waals surface area contributed by atoms with Gasteiger partial charge in [0.05, 0.1) is 6.61 Å². The van der Waals surface area contributed by atoms with Crippen molar-refractivity contribution in [1.29, 1.82) is 0 Å². The molecular weight excluding hydrogens is 338 g/mol. The van der Waals surface area contributed by atoms with Crippen LogP contribution in [-0.4, -0.2) is 18.6 Å². The average molecular weight is 351 g/mol. The Morgan fingerprint density at radius 1 is 1.44 bits per heavy atom. The van der Waals surface area contributed by atoms with Gasteiger partial charge in [0.2, 0.25) is 0 Å². The molecule has 0 aliphatic carbocycles. The molecule has 88 valence electrons. The van der Waals surface area contributed by atoms with Gasteiger partial charge < -0.3 is 10.1 Å². The van der Waals surface area contributed by atoms with Crippen LogP contribution in [0.5, 0.6) is 0 Å². The number of halogens is 2. The fourth-order valence-corrected chi connectivity index (χ4v) is 1.79. The van der Waals surface area contributed by atoms with Gasteiger partial charge >= 0.3 is 5.97 Å². The molecule has 3 nitrogen and oxygen atoms in total. The number of benzene rings is 1. The van der Waals surface area contributed by atoms with Crippen LogP contribution in [-0.2, 0) is 9.53 Å². The van der Waals surface area contributed by atoms with Gasteiger partial charge in [-0.1, -0.05) is 0 Å². The number of nitrogens with one attached hydrogen (secondary N) is 1. The Bertz CT molecular complexity index is 382. The Kier molecular flexibility index (Phi) is 5.28. The van der Waals surface area contributed by atoms with Crippen molar-refractivity contribution in [3.05, 3.63) is 27.1 Å². The number of anilines is 1. The van der Waals surface area contributed by atoms with Crippen LogP contribution >= 0.6 is 31.9 Å². The monoisotopic (exact) mass is 349 g/mol. The molecule has 0 aromatic heterocycles. The summed E-state index contributed by atoms with van der Waals surface area (Å²) in [6.45, 7) is 3.96. The smallest absolute Gasteiger partial charge is 0.328 e. The summed E-state index contributed by atoms with van der Waals surface area (Å²) in [4.78, 5) is 11.4. The van der Waals surface area contributed by atoms with Gasteiger partial charge in [-0.2, -0.15) is 0 Å². The topological polar surface area (TPSA) is 38.3 Å². The van der Waals surface area contributed by atoms with E-state index in [0.29, 0.717) is 6.61 Å². The number of esters is 1. The van der Waals surface area contributed by atoms with Crippen molar-refractivity contribution in [2.24, 2.45) is 0 Å². The van der Waals surface area contributed by atoms with Crippen LogP contribution in [0.1, 0.15) is 13.8 Å². The van der Waals surface area contributed by atoms with Gasteiger partial charge in [-0.25, -0.2) is 4.79 Å². The van der Waals surface area contributed by atoms with E-state index in [0.717, 1.165) is 14.6 Å². The summed E-state index contributed by atoms with van der Waals surface area (Å²) in [7, 11) is 0. The molecule has 0 amide bonds. The van der Waals surface area contributed by atoms with Gasteiger partial charge in [0.15, 0.2) is 0 Å². The first-order valence-corrected chi connectivity index (χ1v) is 6.51. The fourth-order valence-electron chi connectivity index (χ4n) is 1.16. The molecule has 16 heavy (non-hydrogen) atoms. The molecule has 0 saturated carbocycles. The molecule has 1 aromatic rings. The third-order valence-corrected chi connectivity index (χ3v) is 3.82. The molecule has 0 spiro atoms. The van der Waals surface area contributed by atoms with Gasteiger partial charge in [-0.15, -0.1) is 0 Å². The summed E-state index contributed by atoms with van der Waals surface area (Å²) in [5.74, 6) is -0.249. The number of carbonyl (C=O) groups is 1. The minimum absolute atomic E-state index is 0.249. The molecule has 0 bridgehead atoms. The fraction of sp³-hybridized carbons (Fsp3) is 0.364. The van der Waals surface area contributed by atoms with Crippen molar-refractivity contribution >= 4 is 43.5 Å². The lowest BCUT2D eigenvalue weighted by Crippen LogP contribution is -2.28. The summed E-state index contributed by atoms with van der Waals surface area (Å²) in [5.41, 5.74) is 0.871. The van der Waals surface area contributed by atoms with Crippen molar-refractivity contribution in [2.75, 3.05) is 11.9 Å². The minimum atomic E-state index is -0.354. The largest absolute Gasteiger partial charge is 0.464 e.